The highest BCUT2D eigenvalue weighted by Crippen LogP contribution is 2.16. The fourth-order valence-electron chi connectivity index (χ4n) is 1.67. The number of likely N-dealkylation sites (tertiary alicyclic amines) is 1. The number of rotatable bonds is 3. The van der Waals surface area contributed by atoms with Crippen molar-refractivity contribution in [2.24, 2.45) is 11.8 Å². The van der Waals surface area contributed by atoms with E-state index in [-0.39, 0.29) is 18.5 Å². The molecule has 0 radical (unpaired) electrons. The van der Waals surface area contributed by atoms with Gasteiger partial charge in [-0.2, -0.15) is 0 Å². The number of nitrogens with one attached hydrogen (secondary N) is 1. The standard InChI is InChI=1S/C11H20N2O4/c1-7-3-4-13(6-9(7)14)11(17)12-5-8(2)10(15)16/h7-9,14H,3-6H2,1-2H3,(H,12,17)(H,15,16). The number of carbonyl (C=O) groups is 2. The Labute approximate surface area is 101 Å². The molecular weight excluding hydrogens is 224 g/mol. The molecule has 1 rings (SSSR count). The molecule has 0 saturated carbocycles. The van der Waals surface area contributed by atoms with Crippen molar-refractivity contribution in [2.75, 3.05) is 19.6 Å². The number of carboxylic acid groups (broad SMARTS) is 1. The van der Waals surface area contributed by atoms with E-state index in [9.17, 15) is 14.7 Å². The van der Waals surface area contributed by atoms with Crippen LogP contribution in [0.15, 0.2) is 0 Å². The fourth-order valence-corrected chi connectivity index (χ4v) is 1.67. The summed E-state index contributed by atoms with van der Waals surface area (Å²) >= 11 is 0. The third kappa shape index (κ3) is 3.89. The van der Waals surface area contributed by atoms with Gasteiger partial charge in [-0.15, -0.1) is 0 Å². The maximum Gasteiger partial charge on any atom is 0.317 e. The van der Waals surface area contributed by atoms with Gasteiger partial charge in [-0.05, 0) is 12.3 Å². The first kappa shape index (κ1) is 13.8. The zero-order valence-electron chi connectivity index (χ0n) is 10.2. The molecule has 1 heterocycles. The number of nitrogens with zero attached hydrogens (tertiary/aromatic N) is 1. The minimum atomic E-state index is -0.933. The molecule has 3 N–H and O–H groups in total. The Morgan fingerprint density at radius 3 is 2.71 bits per heavy atom. The molecule has 1 aliphatic rings. The predicted octanol–water partition coefficient (Wildman–Crippen LogP) is 0.119. The number of aliphatic hydroxyl groups is 1. The van der Waals surface area contributed by atoms with E-state index in [1.807, 2.05) is 6.92 Å². The molecule has 6 nitrogen and oxygen atoms in total. The number of aliphatic hydroxyl groups excluding tert-OH is 1. The minimum Gasteiger partial charge on any atom is -0.481 e. The normalized spacial score (nSPS) is 26.4. The van der Waals surface area contributed by atoms with Gasteiger partial charge >= 0.3 is 12.0 Å². The number of carboxylic acids is 1. The average Bonchev–Trinajstić information content (AvgIpc) is 2.28. The number of piperidine rings is 1. The van der Waals surface area contributed by atoms with E-state index in [0.29, 0.717) is 13.1 Å². The summed E-state index contributed by atoms with van der Waals surface area (Å²) in [4.78, 5) is 23.8. The summed E-state index contributed by atoms with van der Waals surface area (Å²) in [6.07, 6.45) is 0.273. The number of β-amino-alcohol motifs (C(OH)–C–C–N with tert-alkyl or cyclic N) is 1. The molecule has 0 spiro atoms. The molecule has 0 aromatic carbocycles. The van der Waals surface area contributed by atoms with Gasteiger partial charge in [0, 0.05) is 19.6 Å². The van der Waals surface area contributed by atoms with Crippen LogP contribution in [0, 0.1) is 11.8 Å². The Balaban J connectivity index is 2.36. The number of aliphatic carboxylic acids is 1. The van der Waals surface area contributed by atoms with E-state index >= 15 is 0 Å². The Morgan fingerprint density at radius 2 is 2.18 bits per heavy atom. The summed E-state index contributed by atoms with van der Waals surface area (Å²) in [6.45, 7) is 4.51. The molecule has 1 saturated heterocycles. The first-order valence-electron chi connectivity index (χ1n) is 5.85. The second-order valence-electron chi connectivity index (χ2n) is 4.70. The van der Waals surface area contributed by atoms with Gasteiger partial charge in [0.15, 0.2) is 0 Å². The van der Waals surface area contributed by atoms with Crippen LogP contribution >= 0.6 is 0 Å². The highest BCUT2D eigenvalue weighted by atomic mass is 16.4. The highest BCUT2D eigenvalue weighted by molar-refractivity contribution is 5.76. The van der Waals surface area contributed by atoms with Crippen LogP contribution in [0.5, 0.6) is 0 Å². The third-order valence-electron chi connectivity index (χ3n) is 3.19. The number of amides is 2. The van der Waals surface area contributed by atoms with Gasteiger partial charge in [-0.1, -0.05) is 13.8 Å². The van der Waals surface area contributed by atoms with Crippen LogP contribution in [-0.2, 0) is 4.79 Å². The Bertz CT molecular complexity index is 295. The smallest absolute Gasteiger partial charge is 0.317 e. The summed E-state index contributed by atoms with van der Waals surface area (Å²) < 4.78 is 0. The number of hydrogen-bond acceptors (Lipinski definition) is 3. The maximum atomic E-state index is 11.7. The molecule has 0 aromatic rings. The van der Waals surface area contributed by atoms with Gasteiger partial charge in [0.1, 0.15) is 0 Å². The first-order chi connectivity index (χ1) is 7.91. The van der Waals surface area contributed by atoms with E-state index in [1.165, 1.54) is 11.8 Å². The fraction of sp³-hybridized carbons (Fsp3) is 0.818. The van der Waals surface area contributed by atoms with Crippen LogP contribution in [0.3, 0.4) is 0 Å². The van der Waals surface area contributed by atoms with Crippen molar-refractivity contribution in [1.29, 1.82) is 0 Å². The van der Waals surface area contributed by atoms with Crippen LogP contribution in [-0.4, -0.2) is 52.9 Å². The molecular formula is C11H20N2O4. The lowest BCUT2D eigenvalue weighted by molar-refractivity contribution is -0.140. The molecule has 2 amide bonds. The van der Waals surface area contributed by atoms with Gasteiger partial charge in [0.25, 0.3) is 0 Å². The lowest BCUT2D eigenvalue weighted by Gasteiger charge is -2.34. The first-order valence-corrected chi connectivity index (χ1v) is 5.85. The Morgan fingerprint density at radius 1 is 1.53 bits per heavy atom. The maximum absolute atomic E-state index is 11.7. The topological polar surface area (TPSA) is 89.9 Å². The van der Waals surface area contributed by atoms with Crippen LogP contribution in [0.25, 0.3) is 0 Å². The van der Waals surface area contributed by atoms with E-state index < -0.39 is 18.0 Å². The second-order valence-corrected chi connectivity index (χ2v) is 4.70. The van der Waals surface area contributed by atoms with Crippen molar-refractivity contribution >= 4 is 12.0 Å². The van der Waals surface area contributed by atoms with Crippen LogP contribution in [0.2, 0.25) is 0 Å². The van der Waals surface area contributed by atoms with Crippen LogP contribution < -0.4 is 5.32 Å². The molecule has 0 aliphatic carbocycles. The minimum absolute atomic E-state index is 0.107. The molecule has 1 aliphatic heterocycles. The van der Waals surface area contributed by atoms with Gasteiger partial charge in [0.05, 0.1) is 12.0 Å². The molecule has 3 atom stereocenters. The van der Waals surface area contributed by atoms with Gasteiger partial charge in [-0.25, -0.2) is 4.79 Å². The molecule has 0 bridgehead atoms. The molecule has 3 unspecified atom stereocenters. The second kappa shape index (κ2) is 5.86. The number of hydrogen-bond donors (Lipinski definition) is 3. The summed E-state index contributed by atoms with van der Waals surface area (Å²) in [5.74, 6) is -1.33. The highest BCUT2D eigenvalue weighted by Gasteiger charge is 2.27. The molecule has 6 heteroatoms. The summed E-state index contributed by atoms with van der Waals surface area (Å²) in [7, 11) is 0. The van der Waals surface area contributed by atoms with Crippen LogP contribution in [0.1, 0.15) is 20.3 Å². The zero-order chi connectivity index (χ0) is 13.0. The van der Waals surface area contributed by atoms with E-state index in [4.69, 9.17) is 5.11 Å². The third-order valence-corrected chi connectivity index (χ3v) is 3.19. The van der Waals surface area contributed by atoms with Gasteiger partial charge < -0.3 is 20.4 Å². The Kier molecular flexibility index (Phi) is 4.74. The summed E-state index contributed by atoms with van der Waals surface area (Å²) in [6, 6.07) is -0.302. The van der Waals surface area contributed by atoms with Crippen LogP contribution in [0.4, 0.5) is 4.79 Å². The molecule has 1 fully saturated rings. The largest absolute Gasteiger partial charge is 0.481 e. The number of urea groups is 1. The molecule has 17 heavy (non-hydrogen) atoms. The van der Waals surface area contributed by atoms with Crippen molar-refractivity contribution in [3.8, 4) is 0 Å². The van der Waals surface area contributed by atoms with E-state index in [1.54, 1.807) is 0 Å². The summed E-state index contributed by atoms with van der Waals surface area (Å²) in [5, 5.41) is 20.9. The van der Waals surface area contributed by atoms with Gasteiger partial charge in [-0.3, -0.25) is 4.79 Å². The number of carbonyl (C=O) groups excluding carboxylic acids is 1. The van der Waals surface area contributed by atoms with Crippen molar-refractivity contribution in [2.45, 2.75) is 26.4 Å². The van der Waals surface area contributed by atoms with Crippen molar-refractivity contribution in [3.05, 3.63) is 0 Å². The lowest BCUT2D eigenvalue weighted by Crippen LogP contribution is -2.50. The lowest BCUT2D eigenvalue weighted by atomic mass is 9.96. The molecule has 98 valence electrons. The van der Waals surface area contributed by atoms with Crippen molar-refractivity contribution in [3.63, 3.8) is 0 Å². The molecule has 0 aromatic heterocycles. The SMILES string of the molecule is CC(CNC(=O)N1CCC(C)C(O)C1)C(=O)O. The zero-order valence-corrected chi connectivity index (χ0v) is 10.2. The van der Waals surface area contributed by atoms with Crippen molar-refractivity contribution in [1.82, 2.24) is 10.2 Å². The quantitative estimate of drug-likeness (QED) is 0.657. The Hall–Kier alpha value is -1.30. The van der Waals surface area contributed by atoms with E-state index in [0.717, 1.165) is 6.42 Å². The monoisotopic (exact) mass is 244 g/mol. The summed E-state index contributed by atoms with van der Waals surface area (Å²) in [5.41, 5.74) is 0. The van der Waals surface area contributed by atoms with Crippen molar-refractivity contribution < 1.29 is 19.8 Å². The average molecular weight is 244 g/mol. The van der Waals surface area contributed by atoms with Gasteiger partial charge in [0.2, 0.25) is 0 Å². The predicted molar refractivity (Wildman–Crippen MR) is 61.6 cm³/mol. The van der Waals surface area contributed by atoms with E-state index in [2.05, 4.69) is 5.32 Å².